The Balaban J connectivity index is 1.89. The highest BCUT2D eigenvalue weighted by Gasteiger charge is 2.21. The fraction of sp³-hybridized carbons (Fsp3) is 0.231. The zero-order chi connectivity index (χ0) is 14.1. The van der Waals surface area contributed by atoms with Crippen LogP contribution < -0.4 is 9.64 Å². The van der Waals surface area contributed by atoms with E-state index in [0.29, 0.717) is 24.7 Å². The van der Waals surface area contributed by atoms with Crippen molar-refractivity contribution in [1.82, 2.24) is 4.98 Å². The number of rotatable bonds is 2. The molecule has 0 amide bonds. The zero-order valence-electron chi connectivity index (χ0n) is 10.4. The van der Waals surface area contributed by atoms with Crippen LogP contribution in [-0.4, -0.2) is 29.2 Å². The van der Waals surface area contributed by atoms with Crippen LogP contribution in [-0.2, 0) is 6.54 Å². The standard InChI is InChI=1S/C13H11ClN2O4/c14-9-1-2-11-8(5-9)6-16(3-4-19-11)13-15-10(7-20-13)12(17)18/h1-2,5,7H,3-4,6H2,(H,17,18). The lowest BCUT2D eigenvalue weighted by atomic mass is 10.2. The summed E-state index contributed by atoms with van der Waals surface area (Å²) in [5.74, 6) is -0.351. The molecule has 1 aliphatic rings. The van der Waals surface area contributed by atoms with Crippen LogP contribution in [0.1, 0.15) is 16.1 Å². The Labute approximate surface area is 119 Å². The molecule has 0 unspecified atom stereocenters. The van der Waals surface area contributed by atoms with Crippen molar-refractivity contribution in [3.05, 3.63) is 40.7 Å². The van der Waals surface area contributed by atoms with E-state index in [9.17, 15) is 4.79 Å². The predicted molar refractivity (Wildman–Crippen MR) is 71.5 cm³/mol. The molecule has 0 bridgehead atoms. The van der Waals surface area contributed by atoms with Crippen molar-refractivity contribution in [2.75, 3.05) is 18.1 Å². The molecule has 104 valence electrons. The number of aromatic nitrogens is 1. The molecule has 0 spiro atoms. The second-order valence-corrected chi connectivity index (χ2v) is 4.78. The number of oxazole rings is 1. The summed E-state index contributed by atoms with van der Waals surface area (Å²) in [5, 5.41) is 9.48. The molecule has 7 heteroatoms. The molecule has 0 saturated carbocycles. The van der Waals surface area contributed by atoms with Gasteiger partial charge in [-0.05, 0) is 18.2 Å². The van der Waals surface area contributed by atoms with E-state index in [2.05, 4.69) is 4.98 Å². The number of hydrogen-bond acceptors (Lipinski definition) is 5. The molecule has 0 fully saturated rings. The highest BCUT2D eigenvalue weighted by molar-refractivity contribution is 6.30. The maximum absolute atomic E-state index is 10.8. The summed E-state index contributed by atoms with van der Waals surface area (Å²) in [6.07, 6.45) is 1.13. The van der Waals surface area contributed by atoms with E-state index in [1.165, 1.54) is 0 Å². The number of ether oxygens (including phenoxy) is 1. The molecule has 0 saturated heterocycles. The fourth-order valence-electron chi connectivity index (χ4n) is 2.03. The molecular formula is C13H11ClN2O4. The van der Waals surface area contributed by atoms with E-state index < -0.39 is 5.97 Å². The Bertz CT molecular complexity index is 656. The fourth-order valence-corrected chi connectivity index (χ4v) is 2.23. The highest BCUT2D eigenvalue weighted by Crippen LogP contribution is 2.28. The second-order valence-electron chi connectivity index (χ2n) is 4.34. The third-order valence-corrected chi connectivity index (χ3v) is 3.22. The Morgan fingerprint density at radius 2 is 2.30 bits per heavy atom. The Hall–Kier alpha value is -2.21. The van der Waals surface area contributed by atoms with Crippen LogP contribution in [0.2, 0.25) is 5.02 Å². The monoisotopic (exact) mass is 294 g/mol. The van der Waals surface area contributed by atoms with Crippen molar-refractivity contribution in [1.29, 1.82) is 0 Å². The number of hydrogen-bond donors (Lipinski definition) is 1. The van der Waals surface area contributed by atoms with E-state index in [1.54, 1.807) is 6.07 Å². The molecule has 6 nitrogen and oxygen atoms in total. The number of fused-ring (bicyclic) bond motifs is 1. The maximum atomic E-state index is 10.8. The van der Waals surface area contributed by atoms with Crippen molar-refractivity contribution >= 4 is 23.6 Å². The van der Waals surface area contributed by atoms with Crippen LogP contribution in [0, 0.1) is 0 Å². The van der Waals surface area contributed by atoms with Gasteiger partial charge < -0.3 is 19.2 Å². The lowest BCUT2D eigenvalue weighted by Crippen LogP contribution is -2.25. The van der Waals surface area contributed by atoms with Crippen molar-refractivity contribution in [3.8, 4) is 5.75 Å². The molecule has 20 heavy (non-hydrogen) atoms. The normalized spacial score (nSPS) is 14.3. The van der Waals surface area contributed by atoms with Gasteiger partial charge in [-0.15, -0.1) is 0 Å². The Morgan fingerprint density at radius 3 is 3.05 bits per heavy atom. The topological polar surface area (TPSA) is 75.8 Å². The van der Waals surface area contributed by atoms with Crippen LogP contribution in [0.5, 0.6) is 5.75 Å². The Kier molecular flexibility index (Phi) is 3.23. The van der Waals surface area contributed by atoms with Crippen LogP contribution in [0.4, 0.5) is 6.01 Å². The smallest absolute Gasteiger partial charge is 0.357 e. The average Bonchev–Trinajstić information content (AvgIpc) is 2.81. The third kappa shape index (κ3) is 2.42. The minimum atomic E-state index is -1.12. The summed E-state index contributed by atoms with van der Waals surface area (Å²) < 4.78 is 10.8. The first-order chi connectivity index (χ1) is 9.63. The quantitative estimate of drug-likeness (QED) is 0.917. The second kappa shape index (κ2) is 5.05. The molecule has 2 heterocycles. The van der Waals surface area contributed by atoms with Crippen LogP contribution in [0.3, 0.4) is 0 Å². The van der Waals surface area contributed by atoms with Gasteiger partial charge in [-0.1, -0.05) is 11.6 Å². The summed E-state index contributed by atoms with van der Waals surface area (Å²) in [6.45, 7) is 1.50. The molecule has 0 aliphatic carbocycles. The first-order valence-electron chi connectivity index (χ1n) is 5.98. The van der Waals surface area contributed by atoms with Gasteiger partial charge in [0.05, 0.1) is 13.1 Å². The number of aromatic carboxylic acids is 1. The molecule has 0 radical (unpaired) electrons. The first-order valence-corrected chi connectivity index (χ1v) is 6.36. The maximum Gasteiger partial charge on any atom is 0.357 e. The number of carboxylic acids is 1. The summed E-state index contributed by atoms with van der Waals surface area (Å²) >= 11 is 5.98. The van der Waals surface area contributed by atoms with Gasteiger partial charge in [0, 0.05) is 10.6 Å². The first kappa shape index (κ1) is 12.8. The summed E-state index contributed by atoms with van der Waals surface area (Å²) in [5.41, 5.74) is 0.793. The van der Waals surface area contributed by atoms with Crippen molar-refractivity contribution in [2.24, 2.45) is 0 Å². The third-order valence-electron chi connectivity index (χ3n) is 2.98. The van der Waals surface area contributed by atoms with Gasteiger partial charge in [-0.3, -0.25) is 0 Å². The lowest BCUT2D eigenvalue weighted by Gasteiger charge is -2.16. The van der Waals surface area contributed by atoms with Gasteiger partial charge in [-0.25, -0.2) is 4.79 Å². The minimum Gasteiger partial charge on any atom is -0.491 e. The number of halogens is 1. The number of carboxylic acid groups (broad SMARTS) is 1. The van der Waals surface area contributed by atoms with E-state index in [1.807, 2.05) is 17.0 Å². The summed E-state index contributed by atoms with van der Waals surface area (Å²) in [7, 11) is 0. The summed E-state index contributed by atoms with van der Waals surface area (Å²) in [4.78, 5) is 16.6. The molecule has 0 atom stereocenters. The molecule has 1 N–H and O–H groups in total. The number of benzene rings is 1. The van der Waals surface area contributed by atoms with E-state index in [-0.39, 0.29) is 11.7 Å². The largest absolute Gasteiger partial charge is 0.491 e. The van der Waals surface area contributed by atoms with Crippen LogP contribution in [0.25, 0.3) is 0 Å². The number of anilines is 1. The predicted octanol–water partition coefficient (Wildman–Crippen LogP) is 2.43. The van der Waals surface area contributed by atoms with Gasteiger partial charge in [0.15, 0.2) is 5.69 Å². The average molecular weight is 295 g/mol. The van der Waals surface area contributed by atoms with Crippen molar-refractivity contribution in [3.63, 3.8) is 0 Å². The highest BCUT2D eigenvalue weighted by atomic mass is 35.5. The van der Waals surface area contributed by atoms with Gasteiger partial charge in [-0.2, -0.15) is 4.98 Å². The van der Waals surface area contributed by atoms with Crippen molar-refractivity contribution in [2.45, 2.75) is 6.54 Å². The molecule has 3 rings (SSSR count). The van der Waals surface area contributed by atoms with E-state index in [4.69, 9.17) is 25.9 Å². The number of carbonyl (C=O) groups is 1. The lowest BCUT2D eigenvalue weighted by molar-refractivity contribution is 0.0690. The van der Waals surface area contributed by atoms with E-state index >= 15 is 0 Å². The van der Waals surface area contributed by atoms with Gasteiger partial charge in [0.25, 0.3) is 6.01 Å². The van der Waals surface area contributed by atoms with Crippen molar-refractivity contribution < 1.29 is 19.1 Å². The molecule has 1 aromatic heterocycles. The number of nitrogens with zero attached hydrogens (tertiary/aromatic N) is 2. The molecule has 1 aliphatic heterocycles. The van der Waals surface area contributed by atoms with Crippen LogP contribution in [0.15, 0.2) is 28.9 Å². The summed E-state index contributed by atoms with van der Waals surface area (Å²) in [6, 6.07) is 5.66. The molecule has 2 aromatic rings. The zero-order valence-corrected chi connectivity index (χ0v) is 11.1. The van der Waals surface area contributed by atoms with Gasteiger partial charge >= 0.3 is 5.97 Å². The Morgan fingerprint density at radius 1 is 1.45 bits per heavy atom. The van der Waals surface area contributed by atoms with Crippen LogP contribution >= 0.6 is 11.6 Å². The minimum absolute atomic E-state index is 0.114. The SMILES string of the molecule is O=C(O)c1coc(N2CCOc3ccc(Cl)cc3C2)n1. The molecular weight excluding hydrogens is 284 g/mol. The molecule has 1 aromatic carbocycles. The van der Waals surface area contributed by atoms with E-state index in [0.717, 1.165) is 17.6 Å². The van der Waals surface area contributed by atoms with Gasteiger partial charge in [0.1, 0.15) is 18.6 Å². The van der Waals surface area contributed by atoms with Gasteiger partial charge in [0.2, 0.25) is 0 Å².